The van der Waals surface area contributed by atoms with E-state index in [0.717, 1.165) is 31.4 Å². The molecule has 1 aliphatic carbocycles. The number of benzene rings is 1. The van der Waals surface area contributed by atoms with Gasteiger partial charge in [-0.1, -0.05) is 0 Å². The number of hydrogen-bond donors (Lipinski definition) is 2. The van der Waals surface area contributed by atoms with Crippen LogP contribution in [0.2, 0.25) is 0 Å². The molecule has 0 aliphatic heterocycles. The maximum Gasteiger partial charge on any atom is 0.306 e. The lowest BCUT2D eigenvalue weighted by Crippen LogP contribution is -2.29. The lowest BCUT2D eigenvalue weighted by molar-refractivity contribution is -0.142. The molecule has 0 amide bonds. The van der Waals surface area contributed by atoms with E-state index in [-0.39, 0.29) is 11.7 Å². The number of ketones is 1. The van der Waals surface area contributed by atoms with E-state index in [2.05, 4.69) is 5.32 Å². The fraction of sp³-hybridized carbons (Fsp3) is 0.467. The van der Waals surface area contributed by atoms with Crippen molar-refractivity contribution < 1.29 is 14.7 Å². The first-order chi connectivity index (χ1) is 9.06. The first kappa shape index (κ1) is 13.6. The Balaban J connectivity index is 1.88. The molecular formula is C15H19NO3. The quantitative estimate of drug-likeness (QED) is 0.818. The van der Waals surface area contributed by atoms with Crippen molar-refractivity contribution >= 4 is 17.4 Å². The minimum absolute atomic E-state index is 0.0634. The van der Waals surface area contributed by atoms with Gasteiger partial charge in [-0.2, -0.15) is 0 Å². The van der Waals surface area contributed by atoms with Gasteiger partial charge in [0, 0.05) is 17.3 Å². The van der Waals surface area contributed by atoms with Crippen LogP contribution in [0, 0.1) is 5.92 Å². The Morgan fingerprint density at radius 3 is 2.16 bits per heavy atom. The van der Waals surface area contributed by atoms with Crippen LogP contribution in [0.4, 0.5) is 5.69 Å². The first-order valence-corrected chi connectivity index (χ1v) is 6.66. The predicted molar refractivity (Wildman–Crippen MR) is 73.5 cm³/mol. The standard InChI is InChI=1S/C15H19NO3/c1-10(17)11-2-6-13(7-3-11)16-14-8-4-12(5-9-14)15(18)19/h2-3,6-7,12,14,16H,4-5,8-9H2,1H3,(H,18,19). The molecule has 1 aromatic carbocycles. The highest BCUT2D eigenvalue weighted by Gasteiger charge is 2.25. The van der Waals surface area contributed by atoms with E-state index in [1.165, 1.54) is 0 Å². The van der Waals surface area contributed by atoms with E-state index >= 15 is 0 Å². The normalized spacial score (nSPS) is 22.8. The molecule has 1 aromatic rings. The summed E-state index contributed by atoms with van der Waals surface area (Å²) in [6.45, 7) is 1.55. The summed E-state index contributed by atoms with van der Waals surface area (Å²) in [5, 5.41) is 12.3. The van der Waals surface area contributed by atoms with E-state index in [1.54, 1.807) is 6.92 Å². The predicted octanol–water partition coefficient (Wildman–Crippen LogP) is 2.94. The Labute approximate surface area is 112 Å². The van der Waals surface area contributed by atoms with Gasteiger partial charge in [-0.15, -0.1) is 0 Å². The van der Waals surface area contributed by atoms with Crippen molar-refractivity contribution in [1.82, 2.24) is 0 Å². The van der Waals surface area contributed by atoms with Crippen molar-refractivity contribution in [3.8, 4) is 0 Å². The second kappa shape index (κ2) is 5.87. The van der Waals surface area contributed by atoms with Gasteiger partial charge in [0.2, 0.25) is 0 Å². The molecule has 0 atom stereocenters. The van der Waals surface area contributed by atoms with Crippen LogP contribution in [-0.4, -0.2) is 22.9 Å². The monoisotopic (exact) mass is 261 g/mol. The lowest BCUT2D eigenvalue weighted by atomic mass is 9.86. The van der Waals surface area contributed by atoms with Crippen molar-refractivity contribution in [3.05, 3.63) is 29.8 Å². The van der Waals surface area contributed by atoms with Crippen LogP contribution in [0.15, 0.2) is 24.3 Å². The molecule has 0 aromatic heterocycles. The molecule has 0 radical (unpaired) electrons. The Hall–Kier alpha value is -1.84. The number of carbonyl (C=O) groups excluding carboxylic acids is 1. The third kappa shape index (κ3) is 3.56. The van der Waals surface area contributed by atoms with Gasteiger partial charge in [0.15, 0.2) is 5.78 Å². The smallest absolute Gasteiger partial charge is 0.306 e. The molecule has 1 aliphatic rings. The summed E-state index contributed by atoms with van der Waals surface area (Å²) in [4.78, 5) is 22.0. The minimum Gasteiger partial charge on any atom is -0.481 e. The molecular weight excluding hydrogens is 242 g/mol. The van der Waals surface area contributed by atoms with Crippen molar-refractivity contribution in [2.45, 2.75) is 38.6 Å². The molecule has 4 nitrogen and oxygen atoms in total. The summed E-state index contributed by atoms with van der Waals surface area (Å²) in [6.07, 6.45) is 3.23. The van der Waals surface area contributed by atoms with E-state index in [1.807, 2.05) is 24.3 Å². The van der Waals surface area contributed by atoms with Gasteiger partial charge < -0.3 is 10.4 Å². The largest absolute Gasteiger partial charge is 0.481 e. The molecule has 4 heteroatoms. The first-order valence-electron chi connectivity index (χ1n) is 6.66. The van der Waals surface area contributed by atoms with E-state index in [9.17, 15) is 9.59 Å². The number of carboxylic acid groups (broad SMARTS) is 1. The summed E-state index contributed by atoms with van der Waals surface area (Å²) in [7, 11) is 0. The van der Waals surface area contributed by atoms with Gasteiger partial charge >= 0.3 is 5.97 Å². The van der Waals surface area contributed by atoms with Crippen LogP contribution >= 0.6 is 0 Å². The van der Waals surface area contributed by atoms with Crippen molar-refractivity contribution in [3.63, 3.8) is 0 Å². The molecule has 1 fully saturated rings. The van der Waals surface area contributed by atoms with Crippen molar-refractivity contribution in [1.29, 1.82) is 0 Å². The van der Waals surface area contributed by atoms with Crippen LogP contribution < -0.4 is 5.32 Å². The Morgan fingerprint density at radius 2 is 1.68 bits per heavy atom. The maximum atomic E-state index is 11.2. The van der Waals surface area contributed by atoms with Crippen molar-refractivity contribution in [2.75, 3.05) is 5.32 Å². The summed E-state index contributed by atoms with van der Waals surface area (Å²) in [5.41, 5.74) is 1.70. The summed E-state index contributed by atoms with van der Waals surface area (Å²) >= 11 is 0. The van der Waals surface area contributed by atoms with Gasteiger partial charge in [0.1, 0.15) is 0 Å². The van der Waals surface area contributed by atoms with Crippen LogP contribution in [0.1, 0.15) is 43.0 Å². The third-order valence-corrected chi connectivity index (χ3v) is 3.74. The second-order valence-corrected chi connectivity index (χ2v) is 5.16. The highest BCUT2D eigenvalue weighted by Crippen LogP contribution is 2.26. The fourth-order valence-electron chi connectivity index (χ4n) is 2.52. The molecule has 102 valence electrons. The molecule has 1 saturated carbocycles. The number of rotatable bonds is 4. The number of Topliss-reactive ketones (excluding diaryl/α,β-unsaturated/α-hetero) is 1. The number of anilines is 1. The number of nitrogens with one attached hydrogen (secondary N) is 1. The van der Waals surface area contributed by atoms with Gasteiger partial charge in [0.25, 0.3) is 0 Å². The van der Waals surface area contributed by atoms with Crippen LogP contribution in [0.5, 0.6) is 0 Å². The molecule has 0 unspecified atom stereocenters. The number of hydrogen-bond acceptors (Lipinski definition) is 3. The number of carboxylic acids is 1. The molecule has 2 N–H and O–H groups in total. The van der Waals surface area contributed by atoms with Crippen LogP contribution in [0.25, 0.3) is 0 Å². The third-order valence-electron chi connectivity index (χ3n) is 3.74. The number of aliphatic carboxylic acids is 1. The summed E-state index contributed by atoms with van der Waals surface area (Å²) < 4.78 is 0. The zero-order chi connectivity index (χ0) is 13.8. The van der Waals surface area contributed by atoms with Gasteiger partial charge in [-0.25, -0.2) is 0 Å². The Kier molecular flexibility index (Phi) is 4.20. The zero-order valence-corrected chi connectivity index (χ0v) is 11.1. The Bertz CT molecular complexity index is 459. The highest BCUT2D eigenvalue weighted by molar-refractivity contribution is 5.94. The molecule has 0 saturated heterocycles. The second-order valence-electron chi connectivity index (χ2n) is 5.16. The molecule has 0 bridgehead atoms. The van der Waals surface area contributed by atoms with E-state index in [0.29, 0.717) is 11.6 Å². The number of carbonyl (C=O) groups is 2. The van der Waals surface area contributed by atoms with Gasteiger partial charge in [-0.3, -0.25) is 9.59 Å². The average molecular weight is 261 g/mol. The molecule has 0 heterocycles. The van der Waals surface area contributed by atoms with Crippen molar-refractivity contribution in [2.24, 2.45) is 5.92 Å². The van der Waals surface area contributed by atoms with Gasteiger partial charge in [0.05, 0.1) is 5.92 Å². The SMILES string of the molecule is CC(=O)c1ccc(NC2CCC(C(=O)O)CC2)cc1. The summed E-state index contributed by atoms with van der Waals surface area (Å²) in [6, 6.07) is 7.76. The van der Waals surface area contributed by atoms with Gasteiger partial charge in [-0.05, 0) is 56.9 Å². The van der Waals surface area contributed by atoms with Crippen LogP contribution in [0.3, 0.4) is 0 Å². The maximum absolute atomic E-state index is 11.2. The lowest BCUT2D eigenvalue weighted by Gasteiger charge is -2.27. The van der Waals surface area contributed by atoms with E-state index < -0.39 is 5.97 Å². The highest BCUT2D eigenvalue weighted by atomic mass is 16.4. The topological polar surface area (TPSA) is 66.4 Å². The Morgan fingerprint density at radius 1 is 1.11 bits per heavy atom. The zero-order valence-electron chi connectivity index (χ0n) is 11.1. The van der Waals surface area contributed by atoms with E-state index in [4.69, 9.17) is 5.11 Å². The van der Waals surface area contributed by atoms with Crippen LogP contribution in [-0.2, 0) is 4.79 Å². The fourth-order valence-corrected chi connectivity index (χ4v) is 2.52. The minimum atomic E-state index is -0.677. The molecule has 19 heavy (non-hydrogen) atoms. The summed E-state index contributed by atoms with van der Waals surface area (Å²) in [5.74, 6) is -0.795. The average Bonchev–Trinajstić information content (AvgIpc) is 2.40. The molecule has 0 spiro atoms. The molecule has 2 rings (SSSR count).